The lowest BCUT2D eigenvalue weighted by atomic mass is 9.88. The summed E-state index contributed by atoms with van der Waals surface area (Å²) in [5.74, 6) is 0.372. The van der Waals surface area contributed by atoms with Crippen LogP contribution in [0.3, 0.4) is 0 Å². The zero-order valence-corrected chi connectivity index (χ0v) is 16.6. The Kier molecular flexibility index (Phi) is 4.41. The molecule has 0 bridgehead atoms. The fourth-order valence-corrected chi connectivity index (χ4v) is 4.10. The third-order valence-electron chi connectivity index (χ3n) is 5.64. The predicted molar refractivity (Wildman–Crippen MR) is 114 cm³/mol. The maximum Gasteiger partial charge on any atom is 0.264 e. The fraction of sp³-hybridized carbons (Fsp3) is 0.167. The van der Waals surface area contributed by atoms with Gasteiger partial charge in [-0.2, -0.15) is 0 Å². The number of rotatable bonds is 5. The largest absolute Gasteiger partial charge is 0.454 e. The van der Waals surface area contributed by atoms with Gasteiger partial charge in [0.05, 0.1) is 18.7 Å². The van der Waals surface area contributed by atoms with Crippen LogP contribution in [-0.4, -0.2) is 23.6 Å². The minimum absolute atomic E-state index is 0.163. The molecule has 0 fully saturated rings. The highest BCUT2D eigenvalue weighted by Crippen LogP contribution is 2.44. The predicted octanol–water partition coefficient (Wildman–Crippen LogP) is 3.00. The van der Waals surface area contributed by atoms with E-state index in [1.165, 1.54) is 4.90 Å². The number of ether oxygens (including phenoxy) is 2. The lowest BCUT2D eigenvalue weighted by molar-refractivity contribution is -0.136. The Hall–Kier alpha value is -3.84. The Morgan fingerprint density at radius 3 is 2.68 bits per heavy atom. The van der Waals surface area contributed by atoms with Gasteiger partial charge in [0.1, 0.15) is 0 Å². The lowest BCUT2D eigenvalue weighted by Gasteiger charge is -2.23. The number of aliphatic hydroxyl groups is 1. The zero-order valence-electron chi connectivity index (χ0n) is 16.6. The number of hydrogen-bond acceptors (Lipinski definition) is 6. The molecule has 0 saturated carbocycles. The summed E-state index contributed by atoms with van der Waals surface area (Å²) in [4.78, 5) is 27.8. The van der Waals surface area contributed by atoms with E-state index in [1.54, 1.807) is 54.6 Å². The van der Waals surface area contributed by atoms with Crippen LogP contribution < -0.4 is 20.1 Å². The summed E-state index contributed by atoms with van der Waals surface area (Å²) in [7, 11) is 0. The Labute approximate surface area is 178 Å². The lowest BCUT2D eigenvalue weighted by Crippen LogP contribution is -2.41. The van der Waals surface area contributed by atoms with Crippen molar-refractivity contribution in [3.8, 4) is 11.5 Å². The maximum atomic E-state index is 13.4. The number of Topliss-reactive ketones (excluding diaryl/α,β-unsaturated/α-hetero) is 1. The normalized spacial score (nSPS) is 18.9. The summed E-state index contributed by atoms with van der Waals surface area (Å²) in [6, 6.07) is 18.9. The highest BCUT2D eigenvalue weighted by molar-refractivity contribution is 6.10. The summed E-state index contributed by atoms with van der Waals surface area (Å²) >= 11 is 0. The number of nitrogens with zero attached hydrogens (tertiary/aromatic N) is 1. The number of nitrogen functional groups attached to an aromatic ring is 1. The molecule has 31 heavy (non-hydrogen) atoms. The van der Waals surface area contributed by atoms with Crippen molar-refractivity contribution in [2.24, 2.45) is 0 Å². The van der Waals surface area contributed by atoms with Crippen LogP contribution in [-0.2, 0) is 16.9 Å². The van der Waals surface area contributed by atoms with Crippen LogP contribution in [0.2, 0.25) is 0 Å². The molecule has 0 aromatic heterocycles. The molecule has 2 aliphatic heterocycles. The first-order valence-electron chi connectivity index (χ1n) is 9.87. The second-order valence-corrected chi connectivity index (χ2v) is 7.68. The van der Waals surface area contributed by atoms with E-state index in [2.05, 4.69) is 0 Å². The number of anilines is 2. The van der Waals surface area contributed by atoms with Gasteiger partial charge < -0.3 is 25.2 Å². The molecule has 0 aliphatic carbocycles. The third-order valence-corrected chi connectivity index (χ3v) is 5.64. The molecule has 3 N–H and O–H groups in total. The highest BCUT2D eigenvalue weighted by Gasteiger charge is 2.50. The number of benzene rings is 3. The molecule has 0 radical (unpaired) electrons. The molecule has 3 aromatic carbocycles. The Bertz CT molecular complexity index is 1210. The van der Waals surface area contributed by atoms with Crippen LogP contribution in [0.1, 0.15) is 27.9 Å². The van der Waals surface area contributed by atoms with Crippen molar-refractivity contribution in [3.05, 3.63) is 83.4 Å². The average Bonchev–Trinajstić information content (AvgIpc) is 3.31. The van der Waals surface area contributed by atoms with Crippen LogP contribution in [0.4, 0.5) is 11.4 Å². The molecule has 0 saturated heterocycles. The van der Waals surface area contributed by atoms with Gasteiger partial charge in [0.25, 0.3) is 5.91 Å². The van der Waals surface area contributed by atoms with Gasteiger partial charge in [-0.1, -0.05) is 36.4 Å². The van der Waals surface area contributed by atoms with Crippen molar-refractivity contribution in [2.75, 3.05) is 17.4 Å². The average molecular weight is 416 g/mol. The SMILES string of the molecule is Nc1cccc(C(=O)C[C@]2(O)C(=O)N(Cc3ccc4c(c3)OCO4)c3ccccc32)c1. The van der Waals surface area contributed by atoms with Crippen LogP contribution in [0.5, 0.6) is 11.5 Å². The number of nitrogens with two attached hydrogens (primary N) is 1. The number of ketones is 1. The maximum absolute atomic E-state index is 13.4. The smallest absolute Gasteiger partial charge is 0.264 e. The van der Waals surface area contributed by atoms with E-state index in [9.17, 15) is 14.7 Å². The van der Waals surface area contributed by atoms with Crippen molar-refractivity contribution in [3.63, 3.8) is 0 Å². The number of carbonyl (C=O) groups excluding carboxylic acids is 2. The van der Waals surface area contributed by atoms with Gasteiger partial charge in [-0.25, -0.2) is 0 Å². The quantitative estimate of drug-likeness (QED) is 0.490. The van der Waals surface area contributed by atoms with Crippen molar-refractivity contribution in [1.82, 2.24) is 0 Å². The van der Waals surface area contributed by atoms with E-state index in [-0.39, 0.29) is 25.5 Å². The number of carbonyl (C=O) groups is 2. The third kappa shape index (κ3) is 3.19. The van der Waals surface area contributed by atoms with Gasteiger partial charge in [0.15, 0.2) is 22.9 Å². The summed E-state index contributed by atoms with van der Waals surface area (Å²) < 4.78 is 10.8. The molecule has 7 heteroatoms. The molecule has 2 aliphatic rings. The van der Waals surface area contributed by atoms with Gasteiger partial charge in [-0.15, -0.1) is 0 Å². The Morgan fingerprint density at radius 1 is 1.03 bits per heavy atom. The molecule has 5 rings (SSSR count). The summed E-state index contributed by atoms with van der Waals surface area (Å²) in [5.41, 5.74) is 6.44. The van der Waals surface area contributed by atoms with Crippen LogP contribution >= 0.6 is 0 Å². The van der Waals surface area contributed by atoms with Gasteiger partial charge in [-0.05, 0) is 35.9 Å². The second kappa shape index (κ2) is 7.14. The minimum atomic E-state index is -1.95. The van der Waals surface area contributed by atoms with Gasteiger partial charge in [0, 0.05) is 16.8 Å². The van der Waals surface area contributed by atoms with Gasteiger partial charge in [-0.3, -0.25) is 9.59 Å². The first-order chi connectivity index (χ1) is 15.0. The second-order valence-electron chi connectivity index (χ2n) is 7.68. The molecule has 0 spiro atoms. The first kappa shape index (κ1) is 19.1. The van der Waals surface area contributed by atoms with Gasteiger partial charge >= 0.3 is 0 Å². The van der Waals surface area contributed by atoms with Crippen LogP contribution in [0.25, 0.3) is 0 Å². The molecular weight excluding hydrogens is 396 g/mol. The summed E-state index contributed by atoms with van der Waals surface area (Å²) in [6.07, 6.45) is -0.371. The summed E-state index contributed by atoms with van der Waals surface area (Å²) in [6.45, 7) is 0.386. The molecule has 2 heterocycles. The fourth-order valence-electron chi connectivity index (χ4n) is 4.10. The molecule has 1 atom stereocenters. The molecule has 7 nitrogen and oxygen atoms in total. The van der Waals surface area contributed by atoms with Gasteiger partial charge in [0.2, 0.25) is 6.79 Å². The number of para-hydroxylation sites is 1. The zero-order chi connectivity index (χ0) is 21.6. The number of fused-ring (bicyclic) bond motifs is 2. The van der Waals surface area contributed by atoms with Crippen molar-refractivity contribution >= 4 is 23.1 Å². The molecule has 1 amide bonds. The summed E-state index contributed by atoms with van der Waals surface area (Å²) in [5, 5.41) is 11.4. The topological polar surface area (TPSA) is 102 Å². The van der Waals surface area contributed by atoms with Crippen molar-refractivity contribution < 1.29 is 24.2 Å². The van der Waals surface area contributed by atoms with Crippen LogP contribution in [0, 0.1) is 0 Å². The van der Waals surface area contributed by atoms with E-state index in [0.29, 0.717) is 34.0 Å². The van der Waals surface area contributed by atoms with E-state index >= 15 is 0 Å². The molecule has 156 valence electrons. The monoisotopic (exact) mass is 416 g/mol. The minimum Gasteiger partial charge on any atom is -0.454 e. The van der Waals surface area contributed by atoms with Crippen molar-refractivity contribution in [1.29, 1.82) is 0 Å². The molecule has 3 aromatic rings. The number of hydrogen-bond donors (Lipinski definition) is 2. The Balaban J connectivity index is 1.47. The highest BCUT2D eigenvalue weighted by atomic mass is 16.7. The van der Waals surface area contributed by atoms with E-state index in [1.807, 2.05) is 12.1 Å². The Morgan fingerprint density at radius 2 is 1.84 bits per heavy atom. The number of amides is 1. The molecular formula is C24H20N2O5. The van der Waals surface area contributed by atoms with E-state index in [0.717, 1.165) is 5.56 Å². The first-order valence-corrected chi connectivity index (χ1v) is 9.87. The molecule has 0 unspecified atom stereocenters. The van der Waals surface area contributed by atoms with E-state index < -0.39 is 11.5 Å². The van der Waals surface area contributed by atoms with Crippen molar-refractivity contribution in [2.45, 2.75) is 18.6 Å². The van der Waals surface area contributed by atoms with Crippen LogP contribution in [0.15, 0.2) is 66.7 Å². The standard InChI is InChI=1S/C24H20N2O5/c25-17-5-3-4-16(11-17)20(27)12-24(29)18-6-1-2-7-19(18)26(23(24)28)13-15-8-9-21-22(10-15)31-14-30-21/h1-11,29H,12-14,25H2/t24-/m1/s1. The van der Waals surface area contributed by atoms with E-state index in [4.69, 9.17) is 15.2 Å².